The van der Waals surface area contributed by atoms with Crippen molar-refractivity contribution in [2.24, 2.45) is 0 Å². The molecule has 0 saturated carbocycles. The highest BCUT2D eigenvalue weighted by Crippen LogP contribution is 2.17. The SMILES string of the molecule is CCNC(CS(C)(=O)=O)c1cnccc1C. The molecule has 1 unspecified atom stereocenters. The summed E-state index contributed by atoms with van der Waals surface area (Å²) >= 11 is 0. The Balaban J connectivity index is 2.98. The monoisotopic (exact) mass is 242 g/mol. The predicted molar refractivity (Wildman–Crippen MR) is 65.1 cm³/mol. The highest BCUT2D eigenvalue weighted by molar-refractivity contribution is 7.90. The Kier molecular flexibility index (Phi) is 4.44. The van der Waals surface area contributed by atoms with Gasteiger partial charge in [-0.3, -0.25) is 4.98 Å². The van der Waals surface area contributed by atoms with E-state index in [-0.39, 0.29) is 11.8 Å². The van der Waals surface area contributed by atoms with E-state index < -0.39 is 9.84 Å². The third-order valence-electron chi connectivity index (χ3n) is 2.37. The first-order valence-corrected chi connectivity index (χ1v) is 7.31. The molecular formula is C11H18N2O2S. The topological polar surface area (TPSA) is 59.1 Å². The summed E-state index contributed by atoms with van der Waals surface area (Å²) in [5, 5.41) is 3.18. The van der Waals surface area contributed by atoms with Gasteiger partial charge in [0, 0.05) is 24.7 Å². The molecule has 1 aromatic rings. The van der Waals surface area contributed by atoms with Crippen LogP contribution >= 0.6 is 0 Å². The lowest BCUT2D eigenvalue weighted by Crippen LogP contribution is -2.28. The van der Waals surface area contributed by atoms with Gasteiger partial charge in [-0.1, -0.05) is 6.92 Å². The van der Waals surface area contributed by atoms with E-state index in [1.807, 2.05) is 19.9 Å². The van der Waals surface area contributed by atoms with E-state index in [1.54, 1.807) is 12.4 Å². The third-order valence-corrected chi connectivity index (χ3v) is 3.31. The fourth-order valence-electron chi connectivity index (χ4n) is 1.65. The summed E-state index contributed by atoms with van der Waals surface area (Å²) in [6, 6.07) is 1.72. The molecule has 1 heterocycles. The Morgan fingerprint density at radius 1 is 1.50 bits per heavy atom. The average molecular weight is 242 g/mol. The van der Waals surface area contributed by atoms with Gasteiger partial charge in [0.25, 0.3) is 0 Å². The van der Waals surface area contributed by atoms with Gasteiger partial charge in [-0.2, -0.15) is 0 Å². The van der Waals surface area contributed by atoms with Gasteiger partial charge < -0.3 is 5.32 Å². The van der Waals surface area contributed by atoms with Gasteiger partial charge in [0.05, 0.1) is 5.75 Å². The Labute approximate surface area is 97.0 Å². The van der Waals surface area contributed by atoms with E-state index in [1.165, 1.54) is 6.26 Å². The lowest BCUT2D eigenvalue weighted by Gasteiger charge is -2.18. The van der Waals surface area contributed by atoms with Crippen molar-refractivity contribution in [3.05, 3.63) is 29.6 Å². The van der Waals surface area contributed by atoms with Crippen LogP contribution in [-0.4, -0.2) is 32.0 Å². The zero-order valence-corrected chi connectivity index (χ0v) is 10.7. The van der Waals surface area contributed by atoms with Crippen molar-refractivity contribution in [3.8, 4) is 0 Å². The normalized spacial score (nSPS) is 13.7. The summed E-state index contributed by atoms with van der Waals surface area (Å²) in [6.45, 7) is 4.65. The lowest BCUT2D eigenvalue weighted by atomic mass is 10.1. The minimum Gasteiger partial charge on any atom is -0.309 e. The molecule has 0 bridgehead atoms. The summed E-state index contributed by atoms with van der Waals surface area (Å²) in [5.41, 5.74) is 2.01. The summed E-state index contributed by atoms with van der Waals surface area (Å²) < 4.78 is 22.7. The number of hydrogen-bond donors (Lipinski definition) is 1. The highest BCUT2D eigenvalue weighted by Gasteiger charge is 2.18. The van der Waals surface area contributed by atoms with E-state index in [0.717, 1.165) is 17.7 Å². The van der Waals surface area contributed by atoms with Crippen LogP contribution in [0.25, 0.3) is 0 Å². The van der Waals surface area contributed by atoms with E-state index in [9.17, 15) is 8.42 Å². The Hall–Kier alpha value is -0.940. The molecule has 0 spiro atoms. The molecule has 0 aromatic carbocycles. The molecule has 0 fully saturated rings. The molecule has 0 saturated heterocycles. The molecule has 1 atom stereocenters. The predicted octanol–water partition coefficient (Wildman–Crippen LogP) is 1.09. The van der Waals surface area contributed by atoms with Crippen LogP contribution in [0.5, 0.6) is 0 Å². The largest absolute Gasteiger partial charge is 0.309 e. The number of nitrogens with one attached hydrogen (secondary N) is 1. The third kappa shape index (κ3) is 3.90. The maximum atomic E-state index is 11.3. The number of nitrogens with zero attached hydrogens (tertiary/aromatic N) is 1. The second kappa shape index (κ2) is 5.41. The average Bonchev–Trinajstić information content (AvgIpc) is 2.16. The molecule has 0 aliphatic rings. The van der Waals surface area contributed by atoms with E-state index >= 15 is 0 Å². The van der Waals surface area contributed by atoms with Gasteiger partial charge in [0.2, 0.25) is 0 Å². The van der Waals surface area contributed by atoms with Gasteiger partial charge in [-0.15, -0.1) is 0 Å². The van der Waals surface area contributed by atoms with Crippen molar-refractivity contribution in [2.75, 3.05) is 18.6 Å². The summed E-state index contributed by atoms with van der Waals surface area (Å²) in [4.78, 5) is 4.04. The van der Waals surface area contributed by atoms with Gasteiger partial charge in [0.1, 0.15) is 9.84 Å². The minimum absolute atomic E-state index is 0.105. The van der Waals surface area contributed by atoms with Crippen LogP contribution in [0.4, 0.5) is 0 Å². The Bertz CT molecular complexity index is 443. The van der Waals surface area contributed by atoms with Crippen LogP contribution in [0, 0.1) is 6.92 Å². The smallest absolute Gasteiger partial charge is 0.149 e. The Morgan fingerprint density at radius 2 is 2.19 bits per heavy atom. The Morgan fingerprint density at radius 3 is 2.69 bits per heavy atom. The van der Waals surface area contributed by atoms with Crippen LogP contribution in [0.1, 0.15) is 24.1 Å². The summed E-state index contributed by atoms with van der Waals surface area (Å²) in [7, 11) is -3.00. The molecule has 16 heavy (non-hydrogen) atoms. The molecule has 90 valence electrons. The van der Waals surface area contributed by atoms with Crippen molar-refractivity contribution in [1.82, 2.24) is 10.3 Å². The molecule has 1 aromatic heterocycles. The van der Waals surface area contributed by atoms with Crippen molar-refractivity contribution in [2.45, 2.75) is 19.9 Å². The zero-order valence-electron chi connectivity index (χ0n) is 9.90. The molecule has 0 aliphatic carbocycles. The summed E-state index contributed by atoms with van der Waals surface area (Å²) in [5.74, 6) is 0.105. The number of aryl methyl sites for hydroxylation is 1. The molecule has 0 radical (unpaired) electrons. The fourth-order valence-corrected chi connectivity index (χ4v) is 2.55. The number of pyridine rings is 1. The first-order chi connectivity index (χ1) is 7.44. The van der Waals surface area contributed by atoms with Crippen LogP contribution in [-0.2, 0) is 9.84 Å². The van der Waals surface area contributed by atoms with Gasteiger partial charge in [-0.25, -0.2) is 8.42 Å². The number of sulfone groups is 1. The molecule has 5 heteroatoms. The van der Waals surface area contributed by atoms with Crippen LogP contribution in [0.2, 0.25) is 0 Å². The quantitative estimate of drug-likeness (QED) is 0.839. The molecule has 0 amide bonds. The minimum atomic E-state index is -3.00. The number of aromatic nitrogens is 1. The molecule has 0 aliphatic heterocycles. The van der Waals surface area contributed by atoms with Crippen LogP contribution < -0.4 is 5.32 Å². The van der Waals surface area contributed by atoms with Gasteiger partial charge in [0.15, 0.2) is 0 Å². The lowest BCUT2D eigenvalue weighted by molar-refractivity contribution is 0.561. The van der Waals surface area contributed by atoms with Crippen molar-refractivity contribution < 1.29 is 8.42 Å². The van der Waals surface area contributed by atoms with Gasteiger partial charge >= 0.3 is 0 Å². The highest BCUT2D eigenvalue weighted by atomic mass is 32.2. The first kappa shape index (κ1) is 13.1. The number of hydrogen-bond acceptors (Lipinski definition) is 4. The second-order valence-electron chi connectivity index (χ2n) is 3.93. The van der Waals surface area contributed by atoms with Crippen molar-refractivity contribution >= 4 is 9.84 Å². The maximum absolute atomic E-state index is 11.3. The second-order valence-corrected chi connectivity index (χ2v) is 6.12. The molecule has 1 rings (SSSR count). The summed E-state index contributed by atoms with van der Waals surface area (Å²) in [6.07, 6.45) is 4.69. The fraction of sp³-hybridized carbons (Fsp3) is 0.545. The van der Waals surface area contributed by atoms with E-state index in [4.69, 9.17) is 0 Å². The molecular weight excluding hydrogens is 224 g/mol. The molecule has 4 nitrogen and oxygen atoms in total. The first-order valence-electron chi connectivity index (χ1n) is 5.25. The standard InChI is InChI=1S/C11H18N2O2S/c1-4-13-11(8-16(3,14)15)10-7-12-6-5-9(10)2/h5-7,11,13H,4,8H2,1-3H3. The zero-order chi connectivity index (χ0) is 12.2. The van der Waals surface area contributed by atoms with Crippen molar-refractivity contribution in [3.63, 3.8) is 0 Å². The van der Waals surface area contributed by atoms with E-state index in [2.05, 4.69) is 10.3 Å². The van der Waals surface area contributed by atoms with Crippen LogP contribution in [0.15, 0.2) is 18.5 Å². The van der Waals surface area contributed by atoms with Crippen LogP contribution in [0.3, 0.4) is 0 Å². The van der Waals surface area contributed by atoms with Gasteiger partial charge in [-0.05, 0) is 30.7 Å². The van der Waals surface area contributed by atoms with E-state index in [0.29, 0.717) is 0 Å². The van der Waals surface area contributed by atoms with Crippen molar-refractivity contribution in [1.29, 1.82) is 0 Å². The number of rotatable bonds is 5. The molecule has 1 N–H and O–H groups in total. The maximum Gasteiger partial charge on any atom is 0.149 e.